The highest BCUT2D eigenvalue weighted by molar-refractivity contribution is 6.61. The van der Waals surface area contributed by atoms with Crippen molar-refractivity contribution in [2.24, 2.45) is 0 Å². The van der Waals surface area contributed by atoms with Crippen molar-refractivity contribution >= 4 is 44.3 Å². The van der Waals surface area contributed by atoms with E-state index in [2.05, 4.69) is 0 Å². The van der Waals surface area contributed by atoms with Crippen LogP contribution in [0.25, 0.3) is 0 Å². The Hall–Kier alpha value is -1.95. The molecule has 338 valence electrons. The number of amides is 2. The molecular formula is C40H78N2O13Si3. The Balaban J connectivity index is 2.93. The highest BCUT2D eigenvalue weighted by Crippen LogP contribution is 2.25. The van der Waals surface area contributed by atoms with Crippen molar-refractivity contribution in [3.05, 3.63) is 30.3 Å². The van der Waals surface area contributed by atoms with Crippen LogP contribution in [-0.4, -0.2) is 135 Å². The number of hydrogen-bond donors (Lipinski definition) is 0. The summed E-state index contributed by atoms with van der Waals surface area (Å²) in [7, 11) is -5.90. The molecule has 0 aliphatic carbocycles. The molecule has 58 heavy (non-hydrogen) atoms. The summed E-state index contributed by atoms with van der Waals surface area (Å²) in [4.78, 5) is 29.9. The van der Waals surface area contributed by atoms with Crippen molar-refractivity contribution in [3.8, 4) is 0 Å². The van der Waals surface area contributed by atoms with Gasteiger partial charge in [-0.2, -0.15) is 0 Å². The van der Waals surface area contributed by atoms with Crippen molar-refractivity contribution in [2.75, 3.05) is 85.0 Å². The van der Waals surface area contributed by atoms with E-state index >= 15 is 0 Å². The van der Waals surface area contributed by atoms with Gasteiger partial charge in [0.2, 0.25) is 0 Å². The van der Waals surface area contributed by atoms with Gasteiger partial charge >= 0.3 is 38.6 Å². The van der Waals surface area contributed by atoms with Gasteiger partial charge in [0, 0.05) is 104 Å². The molecule has 18 heteroatoms. The molecule has 15 nitrogen and oxygen atoms in total. The van der Waals surface area contributed by atoms with Crippen LogP contribution < -0.4 is 4.90 Å². The number of para-hydroxylation sites is 1. The maximum atomic E-state index is 13.4. The molecule has 2 amide bonds. The van der Waals surface area contributed by atoms with Gasteiger partial charge < -0.3 is 54.2 Å². The molecule has 0 spiro atoms. The fraction of sp³-hybridized carbons (Fsp3) is 0.800. The SMILES string of the molecule is CCO[Si](CCCN(CCC[Si](OCC)(OCC)OCCCO[Si](CCCN(C(=O)OC(C)(C)C)c1ccccc1)(OC)OC)C(=O)OC(C)(C)C)(OCC)OCC. The van der Waals surface area contributed by atoms with Crippen LogP contribution in [0.15, 0.2) is 30.3 Å². The van der Waals surface area contributed by atoms with Gasteiger partial charge in [0.25, 0.3) is 0 Å². The molecule has 0 saturated heterocycles. The highest BCUT2D eigenvalue weighted by atomic mass is 28.4. The first-order valence-corrected chi connectivity index (χ1v) is 26.8. The normalized spacial score (nSPS) is 12.8. The molecule has 0 atom stereocenters. The summed E-state index contributed by atoms with van der Waals surface area (Å²) < 4.78 is 66.6. The largest absolute Gasteiger partial charge is 0.501 e. The van der Waals surface area contributed by atoms with E-state index in [1.54, 1.807) is 24.0 Å². The predicted molar refractivity (Wildman–Crippen MR) is 232 cm³/mol. The third kappa shape index (κ3) is 21.0. The third-order valence-electron chi connectivity index (χ3n) is 8.40. The standard InChI is InChI=1S/C40H78N2O13Si3/c1-14-47-57(48-15-2,49-16-3)34-22-28-41(37(43)54-39(6,7)8)29-23-35-58(50-17-4,51-18-5)53-32-25-31-52-56(45-12,46-13)33-24-30-42(36-26-20-19-21-27-36)38(44)55-40(9,10)11/h19-21,26-27H,14-18,22-25,28-35H2,1-13H3. The molecule has 1 aromatic rings. The number of ether oxygens (including phenoxy) is 2. The lowest BCUT2D eigenvalue weighted by Gasteiger charge is -2.32. The molecule has 0 saturated carbocycles. The smallest absolute Gasteiger partial charge is 0.444 e. The first kappa shape index (κ1) is 54.1. The lowest BCUT2D eigenvalue weighted by atomic mass is 10.2. The quantitative estimate of drug-likeness (QED) is 0.0520. The minimum absolute atomic E-state index is 0.327. The lowest BCUT2D eigenvalue weighted by molar-refractivity contribution is 0.0228. The van der Waals surface area contributed by atoms with Crippen molar-refractivity contribution in [1.29, 1.82) is 0 Å². The fourth-order valence-electron chi connectivity index (χ4n) is 6.07. The van der Waals surface area contributed by atoms with Gasteiger partial charge in [-0.15, -0.1) is 0 Å². The number of carbonyl (C=O) groups is 2. The highest BCUT2D eigenvalue weighted by Gasteiger charge is 2.43. The van der Waals surface area contributed by atoms with Gasteiger partial charge in [-0.25, -0.2) is 9.59 Å². The van der Waals surface area contributed by atoms with Gasteiger partial charge in [-0.3, -0.25) is 4.90 Å². The molecule has 0 fully saturated rings. The van der Waals surface area contributed by atoms with Gasteiger partial charge in [0.1, 0.15) is 11.2 Å². The summed E-state index contributed by atoms with van der Waals surface area (Å²) in [6.07, 6.45) is 1.52. The molecule has 1 rings (SSSR count). The first-order valence-electron chi connectivity index (χ1n) is 21.0. The maximum Gasteiger partial charge on any atom is 0.501 e. The molecule has 0 aromatic heterocycles. The Morgan fingerprint density at radius 3 is 1.31 bits per heavy atom. The van der Waals surface area contributed by atoms with Crippen LogP contribution in [0, 0.1) is 0 Å². The van der Waals surface area contributed by atoms with Gasteiger partial charge in [-0.1, -0.05) is 18.2 Å². The Kier molecular flexibility index (Phi) is 25.9. The third-order valence-corrected chi connectivity index (χ3v) is 17.5. The number of anilines is 1. The van der Waals surface area contributed by atoms with Crippen LogP contribution in [0.2, 0.25) is 18.1 Å². The van der Waals surface area contributed by atoms with Gasteiger partial charge in [0.05, 0.1) is 0 Å². The minimum atomic E-state index is -3.13. The second-order valence-electron chi connectivity index (χ2n) is 15.4. The predicted octanol–water partition coefficient (Wildman–Crippen LogP) is 8.55. The van der Waals surface area contributed by atoms with E-state index in [1.165, 1.54) is 0 Å². The second kappa shape index (κ2) is 27.8. The second-order valence-corrected chi connectivity index (χ2v) is 23.9. The summed E-state index contributed by atoms with van der Waals surface area (Å²) >= 11 is 0. The van der Waals surface area contributed by atoms with Crippen LogP contribution in [0.5, 0.6) is 0 Å². The molecule has 1 aromatic carbocycles. The number of rotatable bonds is 31. The molecule has 0 unspecified atom stereocenters. The monoisotopic (exact) mass is 878 g/mol. The van der Waals surface area contributed by atoms with E-state index in [0.717, 1.165) is 5.69 Å². The van der Waals surface area contributed by atoms with E-state index in [9.17, 15) is 9.59 Å². The molecule has 0 aliphatic heterocycles. The first-order chi connectivity index (χ1) is 27.4. The van der Waals surface area contributed by atoms with E-state index in [1.807, 2.05) is 106 Å². The van der Waals surface area contributed by atoms with E-state index in [-0.39, 0.29) is 6.09 Å². The minimum Gasteiger partial charge on any atom is -0.444 e. The topological polar surface area (TPSA) is 142 Å². The van der Waals surface area contributed by atoms with Crippen LogP contribution in [0.4, 0.5) is 15.3 Å². The number of nitrogens with zero attached hydrogens (tertiary/aromatic N) is 2. The Morgan fingerprint density at radius 2 is 0.897 bits per heavy atom. The van der Waals surface area contributed by atoms with Crippen LogP contribution in [0.3, 0.4) is 0 Å². The van der Waals surface area contributed by atoms with E-state index in [0.29, 0.717) is 110 Å². The molecule has 0 radical (unpaired) electrons. The van der Waals surface area contributed by atoms with Crippen molar-refractivity contribution in [3.63, 3.8) is 0 Å². The van der Waals surface area contributed by atoms with Crippen LogP contribution in [-0.2, 0) is 49.3 Å². The lowest BCUT2D eigenvalue weighted by Crippen LogP contribution is -2.48. The van der Waals surface area contributed by atoms with E-state index in [4.69, 9.17) is 49.3 Å². The Bertz CT molecular complexity index is 1230. The van der Waals surface area contributed by atoms with Gasteiger partial charge in [0.15, 0.2) is 0 Å². The average Bonchev–Trinajstić information content (AvgIpc) is 3.14. The number of carbonyl (C=O) groups excluding carboxylic acids is 2. The summed E-state index contributed by atoms with van der Waals surface area (Å²) in [5.41, 5.74) is -0.535. The van der Waals surface area contributed by atoms with Crippen molar-refractivity contribution < 1.29 is 58.9 Å². The Morgan fingerprint density at radius 1 is 0.517 bits per heavy atom. The number of benzene rings is 1. The zero-order valence-corrected chi connectivity index (χ0v) is 41.1. The zero-order chi connectivity index (χ0) is 43.7. The average molecular weight is 879 g/mol. The maximum absolute atomic E-state index is 13.4. The molecule has 0 heterocycles. The zero-order valence-electron chi connectivity index (χ0n) is 38.1. The van der Waals surface area contributed by atoms with E-state index < -0.39 is 43.7 Å². The summed E-state index contributed by atoms with van der Waals surface area (Å²) in [6.45, 7) is 25.0. The Labute approximate surface area is 353 Å². The molecule has 0 bridgehead atoms. The number of hydrogen-bond acceptors (Lipinski definition) is 13. The fourth-order valence-corrected chi connectivity index (χ4v) is 13.3. The van der Waals surface area contributed by atoms with Crippen molar-refractivity contribution in [1.82, 2.24) is 4.90 Å². The summed E-state index contributed by atoms with van der Waals surface area (Å²) in [6, 6.07) is 11.0. The molecule has 0 aliphatic rings. The molecular weight excluding hydrogens is 801 g/mol. The van der Waals surface area contributed by atoms with Crippen molar-refractivity contribution in [2.45, 2.75) is 131 Å². The van der Waals surface area contributed by atoms with Crippen LogP contribution in [0.1, 0.15) is 102 Å². The van der Waals surface area contributed by atoms with Gasteiger partial charge in [-0.05, 0) is 114 Å². The van der Waals surface area contributed by atoms with Crippen LogP contribution >= 0.6 is 0 Å². The summed E-state index contributed by atoms with van der Waals surface area (Å²) in [5.74, 6) is 0. The molecule has 0 N–H and O–H groups in total. The summed E-state index contributed by atoms with van der Waals surface area (Å²) in [5, 5.41) is 0.